The van der Waals surface area contributed by atoms with Gasteiger partial charge in [-0.25, -0.2) is 0 Å². The topological polar surface area (TPSA) is 18.8 Å². The van der Waals surface area contributed by atoms with Crippen molar-refractivity contribution in [3.63, 3.8) is 0 Å². The Labute approximate surface area is 89.0 Å². The van der Waals surface area contributed by atoms with Crippen LogP contribution in [-0.4, -0.2) is 24.6 Å². The lowest BCUT2D eigenvalue weighted by Crippen LogP contribution is -2.42. The molecule has 2 heterocycles. The first kappa shape index (κ1) is 7.74. The highest BCUT2D eigenvalue weighted by Gasteiger charge is 2.54. The van der Waals surface area contributed by atoms with Crippen LogP contribution in [0.2, 0.25) is 0 Å². The maximum absolute atomic E-state index is 4.39. The molecule has 1 aromatic rings. The Morgan fingerprint density at radius 3 is 3.13 bits per heavy atom. The van der Waals surface area contributed by atoms with Gasteiger partial charge in [-0.3, -0.25) is 5.01 Å². The van der Waals surface area contributed by atoms with E-state index in [1.807, 2.05) is 6.34 Å². The van der Waals surface area contributed by atoms with Crippen molar-refractivity contribution in [2.75, 3.05) is 11.9 Å². The minimum Gasteiger partial charge on any atom is -0.308 e. The van der Waals surface area contributed by atoms with Gasteiger partial charge in [0, 0.05) is 18.7 Å². The largest absolute Gasteiger partial charge is 0.308 e. The number of rotatable bonds is 0. The van der Waals surface area contributed by atoms with E-state index in [0.717, 1.165) is 11.8 Å². The van der Waals surface area contributed by atoms with E-state index in [-0.39, 0.29) is 0 Å². The van der Waals surface area contributed by atoms with Crippen molar-refractivity contribution in [2.45, 2.75) is 18.5 Å². The molecule has 1 aliphatic carbocycles. The van der Waals surface area contributed by atoms with Gasteiger partial charge in [0.15, 0.2) is 0 Å². The number of benzene rings is 1. The molecule has 1 fully saturated rings. The van der Waals surface area contributed by atoms with E-state index in [2.05, 4.69) is 46.3 Å². The summed E-state index contributed by atoms with van der Waals surface area (Å²) in [5.41, 5.74) is 2.87. The van der Waals surface area contributed by atoms with E-state index in [1.54, 1.807) is 0 Å². The van der Waals surface area contributed by atoms with Crippen molar-refractivity contribution in [1.82, 2.24) is 5.01 Å². The molecule has 3 nitrogen and oxygen atoms in total. The average molecular weight is 199 g/mol. The van der Waals surface area contributed by atoms with Crippen molar-refractivity contribution >= 4 is 12.0 Å². The zero-order chi connectivity index (χ0) is 9.99. The van der Waals surface area contributed by atoms with Gasteiger partial charge in [0.1, 0.15) is 12.5 Å². The van der Waals surface area contributed by atoms with Crippen molar-refractivity contribution in [3.8, 4) is 0 Å². The molecule has 0 saturated heterocycles. The van der Waals surface area contributed by atoms with Gasteiger partial charge in [0.2, 0.25) is 0 Å². The molecule has 0 radical (unpaired) electrons. The predicted octanol–water partition coefficient (Wildman–Crippen LogP) is 1.82. The molecule has 1 saturated carbocycles. The molecule has 0 aromatic heterocycles. The SMILES string of the molecule is CN1N=CN2c3ccccc3C3C[C@@H]3[C@H]12. The molecule has 1 unspecified atom stereocenters. The second kappa shape index (κ2) is 2.35. The third-order valence-electron chi connectivity index (χ3n) is 3.86. The van der Waals surface area contributed by atoms with Crippen LogP contribution in [0.3, 0.4) is 0 Å². The lowest BCUT2D eigenvalue weighted by atomic mass is 10.00. The van der Waals surface area contributed by atoms with Gasteiger partial charge >= 0.3 is 0 Å². The fraction of sp³-hybridized carbons (Fsp3) is 0.417. The summed E-state index contributed by atoms with van der Waals surface area (Å²) in [6, 6.07) is 8.74. The molecule has 3 heteroatoms. The number of hydrazone groups is 1. The van der Waals surface area contributed by atoms with Gasteiger partial charge in [0.25, 0.3) is 0 Å². The Bertz CT molecular complexity index is 454. The van der Waals surface area contributed by atoms with Crippen LogP contribution >= 0.6 is 0 Å². The molecule has 0 spiro atoms. The molecule has 0 bridgehead atoms. The first-order valence-corrected chi connectivity index (χ1v) is 5.50. The van der Waals surface area contributed by atoms with Crippen LogP contribution in [-0.2, 0) is 0 Å². The Balaban J connectivity index is 1.90. The van der Waals surface area contributed by atoms with E-state index >= 15 is 0 Å². The minimum atomic E-state index is 0.477. The second-order valence-corrected chi connectivity index (χ2v) is 4.69. The maximum atomic E-state index is 4.39. The normalized spacial score (nSPS) is 34.9. The first-order valence-electron chi connectivity index (χ1n) is 5.50. The highest BCUT2D eigenvalue weighted by atomic mass is 15.6. The zero-order valence-electron chi connectivity index (χ0n) is 8.67. The predicted molar refractivity (Wildman–Crippen MR) is 59.8 cm³/mol. The Hall–Kier alpha value is -1.51. The average Bonchev–Trinajstić information content (AvgIpc) is 2.97. The number of hydrogen-bond acceptors (Lipinski definition) is 3. The van der Waals surface area contributed by atoms with Gasteiger partial charge in [-0.05, 0) is 24.0 Å². The van der Waals surface area contributed by atoms with E-state index in [1.165, 1.54) is 17.7 Å². The van der Waals surface area contributed by atoms with Gasteiger partial charge in [-0.1, -0.05) is 18.2 Å². The smallest absolute Gasteiger partial charge is 0.126 e. The van der Waals surface area contributed by atoms with Crippen molar-refractivity contribution in [2.24, 2.45) is 11.0 Å². The summed E-state index contributed by atoms with van der Waals surface area (Å²) in [6.07, 6.45) is 3.77. The van der Waals surface area contributed by atoms with E-state index < -0.39 is 0 Å². The van der Waals surface area contributed by atoms with Crippen LogP contribution in [0, 0.1) is 5.92 Å². The minimum absolute atomic E-state index is 0.477. The van der Waals surface area contributed by atoms with Gasteiger partial charge in [-0.15, -0.1) is 0 Å². The zero-order valence-corrected chi connectivity index (χ0v) is 8.67. The van der Waals surface area contributed by atoms with Crippen LogP contribution in [0.15, 0.2) is 29.4 Å². The molecule has 3 atom stereocenters. The van der Waals surface area contributed by atoms with E-state index in [4.69, 9.17) is 0 Å². The fourth-order valence-electron chi connectivity index (χ4n) is 3.08. The van der Waals surface area contributed by atoms with Crippen molar-refractivity contribution in [1.29, 1.82) is 0 Å². The summed E-state index contributed by atoms with van der Waals surface area (Å²) in [6.45, 7) is 0. The monoisotopic (exact) mass is 199 g/mol. The maximum Gasteiger partial charge on any atom is 0.126 e. The molecule has 15 heavy (non-hydrogen) atoms. The standard InChI is InChI=1S/C12H13N3/c1-14-12-10-6-9(10)8-4-2-3-5-11(8)15(12)7-13-14/h2-5,7,9-10,12H,6H2,1H3/t9?,10-,12+/m0/s1. The summed E-state index contributed by atoms with van der Waals surface area (Å²) < 4.78 is 0. The Morgan fingerprint density at radius 1 is 1.33 bits per heavy atom. The number of fused-ring (bicyclic) bond motifs is 6. The van der Waals surface area contributed by atoms with E-state index in [9.17, 15) is 0 Å². The summed E-state index contributed by atoms with van der Waals surface area (Å²) in [4.78, 5) is 2.32. The molecule has 0 amide bonds. The number of hydrogen-bond donors (Lipinski definition) is 0. The molecule has 4 rings (SSSR count). The number of para-hydroxylation sites is 1. The van der Waals surface area contributed by atoms with Gasteiger partial charge in [0.05, 0.1) is 0 Å². The van der Waals surface area contributed by atoms with Crippen molar-refractivity contribution < 1.29 is 0 Å². The lowest BCUT2D eigenvalue weighted by Gasteiger charge is -2.33. The Kier molecular flexibility index (Phi) is 1.21. The molecular weight excluding hydrogens is 186 g/mol. The lowest BCUT2D eigenvalue weighted by molar-refractivity contribution is 0.252. The summed E-state index contributed by atoms with van der Waals surface area (Å²) in [5.74, 6) is 1.57. The second-order valence-electron chi connectivity index (χ2n) is 4.69. The number of anilines is 1. The number of nitrogens with zero attached hydrogens (tertiary/aromatic N) is 3. The highest BCUT2D eigenvalue weighted by Crippen LogP contribution is 2.58. The van der Waals surface area contributed by atoms with Crippen LogP contribution in [0.25, 0.3) is 0 Å². The Morgan fingerprint density at radius 2 is 2.20 bits per heavy atom. The van der Waals surface area contributed by atoms with Crippen molar-refractivity contribution in [3.05, 3.63) is 29.8 Å². The quantitative estimate of drug-likeness (QED) is 0.634. The molecular formula is C12H13N3. The van der Waals surface area contributed by atoms with E-state index in [0.29, 0.717) is 6.17 Å². The molecule has 76 valence electrons. The summed E-state index contributed by atoms with van der Waals surface area (Å²) in [5, 5.41) is 6.49. The fourth-order valence-corrected chi connectivity index (χ4v) is 3.08. The highest BCUT2D eigenvalue weighted by molar-refractivity contribution is 5.85. The van der Waals surface area contributed by atoms with Gasteiger partial charge in [-0.2, -0.15) is 5.10 Å². The molecule has 0 N–H and O–H groups in total. The van der Waals surface area contributed by atoms with Gasteiger partial charge < -0.3 is 4.90 Å². The molecule has 3 aliphatic rings. The molecule has 1 aromatic carbocycles. The summed E-state index contributed by atoms with van der Waals surface area (Å²) in [7, 11) is 2.07. The van der Waals surface area contributed by atoms with Crippen LogP contribution in [0.5, 0.6) is 0 Å². The first-order chi connectivity index (χ1) is 7.36. The third kappa shape index (κ3) is 0.838. The van der Waals surface area contributed by atoms with Crippen LogP contribution in [0.1, 0.15) is 17.9 Å². The summed E-state index contributed by atoms with van der Waals surface area (Å²) >= 11 is 0. The third-order valence-corrected chi connectivity index (χ3v) is 3.86. The molecule has 2 aliphatic heterocycles. The van der Waals surface area contributed by atoms with Crippen LogP contribution < -0.4 is 4.90 Å². The van der Waals surface area contributed by atoms with Crippen LogP contribution in [0.4, 0.5) is 5.69 Å².